The summed E-state index contributed by atoms with van der Waals surface area (Å²) in [5, 5.41) is 0. The van der Waals surface area contributed by atoms with Crippen LogP contribution in [0.25, 0.3) is 0 Å². The molecule has 0 saturated heterocycles. The van der Waals surface area contributed by atoms with E-state index >= 15 is 0 Å². The van der Waals surface area contributed by atoms with Gasteiger partial charge in [0.05, 0.1) is 13.2 Å². The third kappa shape index (κ3) is 5.91. The fourth-order valence-corrected chi connectivity index (χ4v) is 2.89. The van der Waals surface area contributed by atoms with Crippen molar-refractivity contribution in [3.8, 4) is 0 Å². The van der Waals surface area contributed by atoms with Crippen molar-refractivity contribution in [1.82, 2.24) is 0 Å². The summed E-state index contributed by atoms with van der Waals surface area (Å²) in [6.45, 7) is 2.11. The SMILES string of the molecule is CC(=O)O[SiH](OCc1ccccc1)OCc1ccccc1. The molecule has 4 nitrogen and oxygen atoms in total. The van der Waals surface area contributed by atoms with Crippen LogP contribution in [0.4, 0.5) is 0 Å². The average Bonchev–Trinajstić information content (AvgIpc) is 2.51. The van der Waals surface area contributed by atoms with Crippen LogP contribution in [0.3, 0.4) is 0 Å². The van der Waals surface area contributed by atoms with Gasteiger partial charge in [-0.05, 0) is 11.1 Å². The van der Waals surface area contributed by atoms with Crippen molar-refractivity contribution >= 4 is 15.5 Å². The minimum atomic E-state index is -2.48. The van der Waals surface area contributed by atoms with Crippen LogP contribution >= 0.6 is 0 Å². The Kier molecular flexibility index (Phi) is 6.14. The standard InChI is InChI=1S/C16H18O4Si/c1-14(17)20-21(18-12-15-8-4-2-5-9-15)19-13-16-10-6-3-7-11-16/h2-11,21H,12-13H2,1H3. The zero-order valence-electron chi connectivity index (χ0n) is 11.9. The van der Waals surface area contributed by atoms with Gasteiger partial charge in [-0.3, -0.25) is 4.79 Å². The van der Waals surface area contributed by atoms with E-state index in [0.717, 1.165) is 11.1 Å². The van der Waals surface area contributed by atoms with Crippen LogP contribution in [0.1, 0.15) is 18.1 Å². The second-order valence-corrected chi connectivity index (χ2v) is 5.97. The normalized spacial score (nSPS) is 10.6. The lowest BCUT2D eigenvalue weighted by Gasteiger charge is -2.15. The molecule has 0 spiro atoms. The molecule has 2 rings (SSSR count). The number of rotatable bonds is 7. The number of hydrogen-bond donors (Lipinski definition) is 0. The number of hydrogen-bond acceptors (Lipinski definition) is 4. The lowest BCUT2D eigenvalue weighted by atomic mass is 10.2. The Morgan fingerprint density at radius 2 is 1.29 bits per heavy atom. The predicted octanol–water partition coefficient (Wildman–Crippen LogP) is 2.70. The van der Waals surface area contributed by atoms with Crippen molar-refractivity contribution in [3.63, 3.8) is 0 Å². The zero-order chi connectivity index (χ0) is 14.9. The smallest absolute Gasteiger partial charge is 0.476 e. The minimum Gasteiger partial charge on any atom is -0.476 e. The van der Waals surface area contributed by atoms with Crippen molar-refractivity contribution in [3.05, 3.63) is 71.8 Å². The Morgan fingerprint density at radius 3 is 1.67 bits per heavy atom. The van der Waals surface area contributed by atoms with Crippen LogP contribution in [-0.4, -0.2) is 15.5 Å². The number of benzene rings is 2. The molecule has 0 radical (unpaired) electrons. The summed E-state index contributed by atoms with van der Waals surface area (Å²) in [5.41, 5.74) is 2.04. The van der Waals surface area contributed by atoms with Gasteiger partial charge in [-0.25, -0.2) is 0 Å². The minimum absolute atomic E-state index is 0.375. The van der Waals surface area contributed by atoms with Gasteiger partial charge in [0, 0.05) is 6.92 Å². The van der Waals surface area contributed by atoms with Crippen molar-refractivity contribution in [2.24, 2.45) is 0 Å². The van der Waals surface area contributed by atoms with Crippen LogP contribution in [0.15, 0.2) is 60.7 Å². The Hall–Kier alpha value is -1.95. The summed E-state index contributed by atoms with van der Waals surface area (Å²) >= 11 is 0. The van der Waals surface area contributed by atoms with Gasteiger partial charge in [-0.2, -0.15) is 0 Å². The van der Waals surface area contributed by atoms with Crippen LogP contribution in [-0.2, 0) is 31.3 Å². The molecule has 0 aliphatic carbocycles. The Morgan fingerprint density at radius 1 is 0.857 bits per heavy atom. The molecule has 0 aliphatic rings. The average molecular weight is 302 g/mol. The topological polar surface area (TPSA) is 44.8 Å². The molecule has 0 N–H and O–H groups in total. The van der Waals surface area contributed by atoms with Gasteiger partial charge in [0.15, 0.2) is 0 Å². The van der Waals surface area contributed by atoms with Crippen LogP contribution in [0, 0.1) is 0 Å². The van der Waals surface area contributed by atoms with E-state index in [9.17, 15) is 4.79 Å². The third-order valence-electron chi connectivity index (χ3n) is 2.72. The molecular formula is C16H18O4Si. The van der Waals surface area contributed by atoms with Gasteiger partial charge in [0.2, 0.25) is 0 Å². The summed E-state index contributed by atoms with van der Waals surface area (Å²) in [4.78, 5) is 11.1. The Labute approximate surface area is 126 Å². The maximum atomic E-state index is 11.1. The van der Waals surface area contributed by atoms with Gasteiger partial charge in [-0.1, -0.05) is 60.7 Å². The molecule has 21 heavy (non-hydrogen) atoms. The van der Waals surface area contributed by atoms with Crippen molar-refractivity contribution in [1.29, 1.82) is 0 Å². The van der Waals surface area contributed by atoms with E-state index in [2.05, 4.69) is 0 Å². The zero-order valence-corrected chi connectivity index (χ0v) is 13.1. The maximum Gasteiger partial charge on any atom is 0.552 e. The number of carbonyl (C=O) groups is 1. The van der Waals surface area contributed by atoms with E-state index in [1.807, 2.05) is 60.7 Å². The molecule has 110 valence electrons. The van der Waals surface area contributed by atoms with Crippen molar-refractivity contribution < 1.29 is 18.1 Å². The molecule has 0 heterocycles. The lowest BCUT2D eigenvalue weighted by Crippen LogP contribution is -2.29. The van der Waals surface area contributed by atoms with E-state index in [1.54, 1.807) is 0 Å². The fraction of sp³-hybridized carbons (Fsp3) is 0.188. The maximum absolute atomic E-state index is 11.1. The van der Waals surface area contributed by atoms with E-state index in [1.165, 1.54) is 6.92 Å². The van der Waals surface area contributed by atoms with Gasteiger partial charge < -0.3 is 13.3 Å². The molecule has 2 aromatic rings. The molecule has 2 aromatic carbocycles. The monoisotopic (exact) mass is 302 g/mol. The molecule has 0 amide bonds. The first-order chi connectivity index (χ1) is 10.2. The van der Waals surface area contributed by atoms with Gasteiger partial charge in [0.25, 0.3) is 5.97 Å². The third-order valence-corrected chi connectivity index (χ3v) is 4.12. The highest BCUT2D eigenvalue weighted by Crippen LogP contribution is 2.07. The van der Waals surface area contributed by atoms with Crippen LogP contribution < -0.4 is 0 Å². The molecular weight excluding hydrogens is 284 g/mol. The van der Waals surface area contributed by atoms with E-state index in [-0.39, 0.29) is 5.97 Å². The quantitative estimate of drug-likeness (QED) is 0.738. The van der Waals surface area contributed by atoms with Gasteiger partial charge in [0.1, 0.15) is 0 Å². The lowest BCUT2D eigenvalue weighted by molar-refractivity contribution is -0.135. The molecule has 0 aromatic heterocycles. The first-order valence-electron chi connectivity index (χ1n) is 6.72. The first kappa shape index (κ1) is 15.4. The molecule has 0 aliphatic heterocycles. The predicted molar refractivity (Wildman–Crippen MR) is 81.4 cm³/mol. The second kappa shape index (κ2) is 8.36. The fourth-order valence-electron chi connectivity index (χ4n) is 1.73. The van der Waals surface area contributed by atoms with Crippen LogP contribution in [0.5, 0.6) is 0 Å². The molecule has 0 atom stereocenters. The summed E-state index contributed by atoms with van der Waals surface area (Å²) in [5.74, 6) is -0.382. The highest BCUT2D eigenvalue weighted by Gasteiger charge is 2.19. The van der Waals surface area contributed by atoms with E-state index < -0.39 is 9.53 Å². The van der Waals surface area contributed by atoms with Gasteiger partial charge in [-0.15, -0.1) is 0 Å². The van der Waals surface area contributed by atoms with Gasteiger partial charge >= 0.3 is 9.53 Å². The second-order valence-electron chi connectivity index (χ2n) is 4.49. The summed E-state index contributed by atoms with van der Waals surface area (Å²) in [6.07, 6.45) is 0. The molecule has 0 saturated carbocycles. The number of carbonyl (C=O) groups excluding carboxylic acids is 1. The molecule has 0 fully saturated rings. The Bertz CT molecular complexity index is 501. The van der Waals surface area contributed by atoms with E-state index in [4.69, 9.17) is 13.3 Å². The van der Waals surface area contributed by atoms with Crippen molar-refractivity contribution in [2.45, 2.75) is 20.1 Å². The first-order valence-corrected chi connectivity index (χ1v) is 8.14. The van der Waals surface area contributed by atoms with Crippen molar-refractivity contribution in [2.75, 3.05) is 0 Å². The highest BCUT2D eigenvalue weighted by molar-refractivity contribution is 6.39. The largest absolute Gasteiger partial charge is 0.552 e. The molecule has 0 unspecified atom stereocenters. The summed E-state index contributed by atoms with van der Waals surface area (Å²) in [6, 6.07) is 19.4. The summed E-state index contributed by atoms with van der Waals surface area (Å²) < 4.78 is 16.4. The van der Waals surface area contributed by atoms with E-state index in [0.29, 0.717) is 13.2 Å². The molecule has 0 bridgehead atoms. The van der Waals surface area contributed by atoms with Crippen LogP contribution in [0.2, 0.25) is 0 Å². The highest BCUT2D eigenvalue weighted by atomic mass is 28.3. The Balaban J connectivity index is 1.87. The summed E-state index contributed by atoms with van der Waals surface area (Å²) in [7, 11) is -2.48. The molecule has 5 heteroatoms.